The number of hydrogen-bond acceptors (Lipinski definition) is 2. The van der Waals surface area contributed by atoms with Crippen molar-refractivity contribution in [2.24, 2.45) is 0 Å². The average molecular weight is 274 g/mol. The molecule has 2 aliphatic heterocycles. The van der Waals surface area contributed by atoms with Crippen LogP contribution >= 0.6 is 12.2 Å². The summed E-state index contributed by atoms with van der Waals surface area (Å²) in [7, 11) is 0. The van der Waals surface area contributed by atoms with Crippen molar-refractivity contribution in [2.75, 3.05) is 13.1 Å². The van der Waals surface area contributed by atoms with Gasteiger partial charge in [-0.1, -0.05) is 30.3 Å². The zero-order chi connectivity index (χ0) is 13.2. The third kappa shape index (κ3) is 2.37. The zero-order valence-corrected chi connectivity index (χ0v) is 11.7. The minimum Gasteiger partial charge on any atom is -0.337 e. The van der Waals surface area contributed by atoms with Crippen molar-refractivity contribution in [3.05, 3.63) is 35.9 Å². The number of carbonyl (C=O) groups excluding carboxylic acids is 1. The van der Waals surface area contributed by atoms with Crippen LogP contribution in [-0.2, 0) is 11.2 Å². The molecule has 0 radical (unpaired) electrons. The average Bonchev–Trinajstić information content (AvgIpc) is 2.71. The van der Waals surface area contributed by atoms with Crippen LogP contribution in [0.15, 0.2) is 30.3 Å². The second-order valence-corrected chi connectivity index (χ2v) is 5.58. The summed E-state index contributed by atoms with van der Waals surface area (Å²) in [4.78, 5) is 16.3. The number of nitrogens with zero attached hydrogens (tertiary/aromatic N) is 2. The highest BCUT2D eigenvalue weighted by atomic mass is 32.1. The zero-order valence-electron chi connectivity index (χ0n) is 10.9. The Bertz CT molecular complexity index is 464. The van der Waals surface area contributed by atoms with Gasteiger partial charge in [-0.15, -0.1) is 0 Å². The lowest BCUT2D eigenvalue weighted by molar-refractivity contribution is -0.128. The molecule has 1 aromatic rings. The summed E-state index contributed by atoms with van der Waals surface area (Å²) in [5.74, 6) is 0.209. The second-order valence-electron chi connectivity index (χ2n) is 5.21. The summed E-state index contributed by atoms with van der Waals surface area (Å²) in [6, 6.07) is 10.3. The van der Waals surface area contributed by atoms with E-state index < -0.39 is 0 Å². The van der Waals surface area contributed by atoms with E-state index in [9.17, 15) is 4.79 Å². The number of rotatable bonds is 3. The number of amides is 1. The topological polar surface area (TPSA) is 23.6 Å². The lowest BCUT2D eigenvalue weighted by Crippen LogP contribution is -2.38. The molecule has 2 heterocycles. The molecule has 3 rings (SSSR count). The van der Waals surface area contributed by atoms with Gasteiger partial charge >= 0.3 is 0 Å². The van der Waals surface area contributed by atoms with Crippen LogP contribution in [0.2, 0.25) is 0 Å². The van der Waals surface area contributed by atoms with Gasteiger partial charge in [-0.2, -0.15) is 0 Å². The van der Waals surface area contributed by atoms with Gasteiger partial charge < -0.3 is 4.90 Å². The summed E-state index contributed by atoms with van der Waals surface area (Å²) >= 11 is 5.46. The molecule has 0 bridgehead atoms. The summed E-state index contributed by atoms with van der Waals surface area (Å²) in [5.41, 5.74) is 1.25. The highest BCUT2D eigenvalue weighted by Crippen LogP contribution is 2.26. The summed E-state index contributed by atoms with van der Waals surface area (Å²) in [6.07, 6.45) is 4.12. The largest absolute Gasteiger partial charge is 0.337 e. The Morgan fingerprint density at radius 3 is 2.74 bits per heavy atom. The Morgan fingerprint density at radius 2 is 2.00 bits per heavy atom. The minimum absolute atomic E-state index is 0.0250. The van der Waals surface area contributed by atoms with E-state index in [4.69, 9.17) is 12.2 Å². The summed E-state index contributed by atoms with van der Waals surface area (Å²) in [5, 5.41) is 0.741. The number of fused-ring (bicyclic) bond motifs is 1. The van der Waals surface area contributed by atoms with Crippen LogP contribution in [0.25, 0.3) is 0 Å². The molecule has 4 heteroatoms. The molecular formula is C15H18N2OS. The van der Waals surface area contributed by atoms with Gasteiger partial charge in [0.25, 0.3) is 5.91 Å². The van der Waals surface area contributed by atoms with Crippen molar-refractivity contribution in [3.8, 4) is 0 Å². The van der Waals surface area contributed by atoms with Crippen LogP contribution in [0.3, 0.4) is 0 Å². The molecule has 1 aromatic carbocycles. The van der Waals surface area contributed by atoms with E-state index in [1.807, 2.05) is 18.2 Å². The third-order valence-electron chi connectivity index (χ3n) is 4.00. The highest BCUT2D eigenvalue weighted by Gasteiger charge is 2.42. The molecule has 3 nitrogen and oxygen atoms in total. The summed E-state index contributed by atoms with van der Waals surface area (Å²) < 4.78 is 0. The van der Waals surface area contributed by atoms with Gasteiger partial charge in [0.1, 0.15) is 6.04 Å². The molecule has 19 heavy (non-hydrogen) atoms. The lowest BCUT2D eigenvalue weighted by atomic mass is 10.0. The fourth-order valence-electron chi connectivity index (χ4n) is 2.94. The Balaban J connectivity index is 1.68. The van der Waals surface area contributed by atoms with Crippen molar-refractivity contribution in [1.29, 1.82) is 0 Å². The molecular weight excluding hydrogens is 256 g/mol. The first kappa shape index (κ1) is 12.6. The third-order valence-corrected chi connectivity index (χ3v) is 4.45. The standard InChI is InChI=1S/C15H18N2OS/c18-14-13-8-4-5-10-16(13)15(19)17(14)11-9-12-6-2-1-3-7-12/h1-3,6-7,13H,4-5,8-11H2/t13-/m0/s1. The fourth-order valence-corrected chi connectivity index (χ4v) is 3.34. The monoisotopic (exact) mass is 274 g/mol. The van der Waals surface area contributed by atoms with Crippen LogP contribution in [0, 0.1) is 0 Å². The molecule has 0 aromatic heterocycles. The van der Waals surface area contributed by atoms with Crippen LogP contribution in [0.1, 0.15) is 24.8 Å². The van der Waals surface area contributed by atoms with E-state index in [-0.39, 0.29) is 11.9 Å². The highest BCUT2D eigenvalue weighted by molar-refractivity contribution is 7.80. The van der Waals surface area contributed by atoms with Gasteiger partial charge in [-0.3, -0.25) is 9.69 Å². The van der Waals surface area contributed by atoms with Crippen molar-refractivity contribution in [3.63, 3.8) is 0 Å². The van der Waals surface area contributed by atoms with Crippen LogP contribution in [0.4, 0.5) is 0 Å². The van der Waals surface area contributed by atoms with Gasteiger partial charge in [-0.05, 0) is 43.5 Å². The van der Waals surface area contributed by atoms with Gasteiger partial charge in [0.2, 0.25) is 0 Å². The molecule has 0 unspecified atom stereocenters. The lowest BCUT2D eigenvalue weighted by Gasteiger charge is -2.27. The maximum absolute atomic E-state index is 12.4. The molecule has 0 saturated carbocycles. The maximum atomic E-state index is 12.4. The molecule has 2 aliphatic rings. The van der Waals surface area contributed by atoms with E-state index in [2.05, 4.69) is 17.0 Å². The molecule has 0 aliphatic carbocycles. The van der Waals surface area contributed by atoms with Crippen LogP contribution < -0.4 is 0 Å². The van der Waals surface area contributed by atoms with E-state index in [1.54, 1.807) is 4.90 Å². The maximum Gasteiger partial charge on any atom is 0.251 e. The van der Waals surface area contributed by atoms with E-state index in [1.165, 1.54) is 5.56 Å². The molecule has 0 spiro atoms. The van der Waals surface area contributed by atoms with Crippen LogP contribution in [-0.4, -0.2) is 40.0 Å². The number of piperidine rings is 1. The van der Waals surface area contributed by atoms with E-state index >= 15 is 0 Å². The van der Waals surface area contributed by atoms with Crippen molar-refractivity contribution >= 4 is 23.2 Å². The molecule has 2 saturated heterocycles. The van der Waals surface area contributed by atoms with E-state index in [0.29, 0.717) is 6.54 Å². The first-order chi connectivity index (χ1) is 9.27. The number of benzene rings is 1. The van der Waals surface area contributed by atoms with Gasteiger partial charge in [0.15, 0.2) is 5.11 Å². The predicted octanol–water partition coefficient (Wildman–Crippen LogP) is 2.21. The number of thiocarbonyl (C=S) groups is 1. The Morgan fingerprint density at radius 1 is 1.21 bits per heavy atom. The van der Waals surface area contributed by atoms with Gasteiger partial charge in [-0.25, -0.2) is 0 Å². The second kappa shape index (κ2) is 5.29. The van der Waals surface area contributed by atoms with Crippen molar-refractivity contribution < 1.29 is 4.79 Å². The van der Waals surface area contributed by atoms with Crippen LogP contribution in [0.5, 0.6) is 0 Å². The van der Waals surface area contributed by atoms with E-state index in [0.717, 1.165) is 37.3 Å². The SMILES string of the molecule is O=C1[C@@H]2CCCCN2C(=S)N1CCc1ccccc1. The molecule has 100 valence electrons. The van der Waals surface area contributed by atoms with Crippen molar-refractivity contribution in [1.82, 2.24) is 9.80 Å². The van der Waals surface area contributed by atoms with Crippen molar-refractivity contribution in [2.45, 2.75) is 31.7 Å². The molecule has 1 atom stereocenters. The smallest absolute Gasteiger partial charge is 0.251 e. The quantitative estimate of drug-likeness (QED) is 0.790. The Kier molecular flexibility index (Phi) is 3.51. The normalized spacial score (nSPS) is 22.8. The van der Waals surface area contributed by atoms with Gasteiger partial charge in [0, 0.05) is 13.1 Å². The fraction of sp³-hybridized carbons (Fsp3) is 0.467. The number of carbonyl (C=O) groups is 1. The number of hydrogen-bond donors (Lipinski definition) is 0. The van der Waals surface area contributed by atoms with Gasteiger partial charge in [0.05, 0.1) is 0 Å². The molecule has 1 amide bonds. The first-order valence-electron chi connectivity index (χ1n) is 6.93. The molecule has 2 fully saturated rings. The minimum atomic E-state index is 0.0250. The first-order valence-corrected chi connectivity index (χ1v) is 7.34. The molecule has 0 N–H and O–H groups in total. The Labute approximate surface area is 119 Å². The Hall–Kier alpha value is -1.42. The summed E-state index contributed by atoms with van der Waals surface area (Å²) in [6.45, 7) is 1.64. The predicted molar refractivity (Wildman–Crippen MR) is 78.8 cm³/mol.